The molecule has 118 valence electrons. The first kappa shape index (κ1) is 16.5. The second-order valence-electron chi connectivity index (χ2n) is 5.53. The molecule has 0 saturated carbocycles. The minimum absolute atomic E-state index is 0.0116. The number of benzene rings is 1. The quantitative estimate of drug-likeness (QED) is 0.792. The van der Waals surface area contributed by atoms with Crippen LogP contribution in [0.5, 0.6) is 0 Å². The number of thioether (sulfide) groups is 1. The van der Waals surface area contributed by atoms with Gasteiger partial charge in [-0.2, -0.15) is 0 Å². The Hall–Kier alpha value is -1.89. The Kier molecular flexibility index (Phi) is 5.94. The molecule has 0 bridgehead atoms. The van der Waals surface area contributed by atoms with E-state index in [0.29, 0.717) is 16.8 Å². The monoisotopic (exact) mass is 319 g/mol. The van der Waals surface area contributed by atoms with E-state index in [1.54, 1.807) is 11.7 Å². The number of tetrazole rings is 1. The zero-order valence-corrected chi connectivity index (χ0v) is 13.9. The maximum atomic E-state index is 12.2. The molecule has 1 heterocycles. The first-order valence-electron chi connectivity index (χ1n) is 7.25. The zero-order valence-electron chi connectivity index (χ0n) is 13.1. The summed E-state index contributed by atoms with van der Waals surface area (Å²) in [6.45, 7) is 4.31. The van der Waals surface area contributed by atoms with Gasteiger partial charge in [0.05, 0.1) is 11.8 Å². The van der Waals surface area contributed by atoms with Gasteiger partial charge in [0.15, 0.2) is 0 Å². The highest BCUT2D eigenvalue weighted by Crippen LogP contribution is 2.21. The van der Waals surface area contributed by atoms with Crippen LogP contribution < -0.4 is 5.32 Å². The lowest BCUT2D eigenvalue weighted by atomic mass is 9.97. The first-order chi connectivity index (χ1) is 10.6. The second kappa shape index (κ2) is 7.93. The number of hydrogen-bond donors (Lipinski definition) is 1. The summed E-state index contributed by atoms with van der Waals surface area (Å²) >= 11 is 1.33. The van der Waals surface area contributed by atoms with Gasteiger partial charge in [-0.25, -0.2) is 4.68 Å². The fraction of sp³-hybridized carbons (Fsp3) is 0.467. The molecule has 1 atom stereocenters. The van der Waals surface area contributed by atoms with E-state index >= 15 is 0 Å². The summed E-state index contributed by atoms with van der Waals surface area (Å²) in [5, 5.41) is 14.9. The number of carbonyl (C=O) groups excluding carboxylic acids is 1. The molecule has 2 aromatic rings. The molecule has 6 nitrogen and oxygen atoms in total. The highest BCUT2D eigenvalue weighted by Gasteiger charge is 2.16. The SMILES string of the molecule is CC(C)C[C@H](NC(=O)CSc1nnnn1C)c1ccccc1. The topological polar surface area (TPSA) is 72.7 Å². The van der Waals surface area contributed by atoms with E-state index in [0.717, 1.165) is 12.0 Å². The Bertz CT molecular complexity index is 599. The number of rotatable bonds is 7. The number of carbonyl (C=O) groups is 1. The molecule has 0 aliphatic carbocycles. The number of nitrogens with one attached hydrogen (secondary N) is 1. The Labute approximate surface area is 134 Å². The van der Waals surface area contributed by atoms with Crippen LogP contribution in [0.25, 0.3) is 0 Å². The molecule has 1 N–H and O–H groups in total. The molecule has 22 heavy (non-hydrogen) atoms. The third-order valence-electron chi connectivity index (χ3n) is 3.16. The average Bonchev–Trinajstić information content (AvgIpc) is 2.90. The van der Waals surface area contributed by atoms with E-state index in [1.165, 1.54) is 11.8 Å². The van der Waals surface area contributed by atoms with Crippen molar-refractivity contribution < 1.29 is 4.79 Å². The molecule has 2 rings (SSSR count). The third kappa shape index (κ3) is 4.84. The highest BCUT2D eigenvalue weighted by atomic mass is 32.2. The minimum atomic E-state index is -0.0116. The van der Waals surface area contributed by atoms with E-state index in [4.69, 9.17) is 0 Å². The van der Waals surface area contributed by atoms with Crippen molar-refractivity contribution in [3.8, 4) is 0 Å². The Balaban J connectivity index is 1.95. The lowest BCUT2D eigenvalue weighted by molar-refractivity contribution is -0.119. The van der Waals surface area contributed by atoms with Crippen molar-refractivity contribution in [2.75, 3.05) is 5.75 Å². The van der Waals surface area contributed by atoms with Crippen molar-refractivity contribution in [1.29, 1.82) is 0 Å². The van der Waals surface area contributed by atoms with Crippen LogP contribution >= 0.6 is 11.8 Å². The van der Waals surface area contributed by atoms with Crippen LogP contribution in [0.4, 0.5) is 0 Å². The maximum Gasteiger partial charge on any atom is 0.230 e. The van der Waals surface area contributed by atoms with Gasteiger partial charge in [0.1, 0.15) is 0 Å². The van der Waals surface area contributed by atoms with Gasteiger partial charge in [0, 0.05) is 7.05 Å². The van der Waals surface area contributed by atoms with Crippen LogP contribution in [0.3, 0.4) is 0 Å². The van der Waals surface area contributed by atoms with Gasteiger partial charge in [0.25, 0.3) is 0 Å². The number of hydrogen-bond acceptors (Lipinski definition) is 5. The summed E-state index contributed by atoms with van der Waals surface area (Å²) in [5.74, 6) is 0.791. The summed E-state index contributed by atoms with van der Waals surface area (Å²) in [4.78, 5) is 12.2. The van der Waals surface area contributed by atoms with Crippen molar-refractivity contribution in [3.05, 3.63) is 35.9 Å². The minimum Gasteiger partial charge on any atom is -0.349 e. The van der Waals surface area contributed by atoms with Crippen LogP contribution in [-0.2, 0) is 11.8 Å². The van der Waals surface area contributed by atoms with Crippen LogP contribution in [-0.4, -0.2) is 31.9 Å². The smallest absolute Gasteiger partial charge is 0.230 e. The molecule has 1 aromatic carbocycles. The molecule has 0 aliphatic heterocycles. The van der Waals surface area contributed by atoms with Gasteiger partial charge in [-0.05, 0) is 28.3 Å². The third-order valence-corrected chi connectivity index (χ3v) is 4.17. The van der Waals surface area contributed by atoms with Gasteiger partial charge < -0.3 is 5.32 Å². The first-order valence-corrected chi connectivity index (χ1v) is 8.24. The van der Waals surface area contributed by atoms with Crippen molar-refractivity contribution >= 4 is 17.7 Å². The molecule has 0 unspecified atom stereocenters. The molecular formula is C15H21N5OS. The van der Waals surface area contributed by atoms with Crippen molar-refractivity contribution in [2.24, 2.45) is 13.0 Å². The highest BCUT2D eigenvalue weighted by molar-refractivity contribution is 7.99. The summed E-state index contributed by atoms with van der Waals surface area (Å²) in [6.07, 6.45) is 0.909. The molecule has 7 heteroatoms. The Morgan fingerprint density at radius 2 is 2.05 bits per heavy atom. The number of aromatic nitrogens is 4. The molecule has 0 aliphatic rings. The van der Waals surface area contributed by atoms with Crippen molar-refractivity contribution in [1.82, 2.24) is 25.5 Å². The molecule has 1 aromatic heterocycles. The standard InChI is InChI=1S/C15H21N5OS/c1-11(2)9-13(12-7-5-4-6-8-12)16-14(21)10-22-15-17-18-19-20(15)3/h4-8,11,13H,9-10H2,1-3H3,(H,16,21)/t13-/m0/s1. The summed E-state index contributed by atoms with van der Waals surface area (Å²) < 4.78 is 1.56. The van der Waals surface area contributed by atoms with Gasteiger partial charge >= 0.3 is 0 Å². The van der Waals surface area contributed by atoms with Crippen molar-refractivity contribution in [3.63, 3.8) is 0 Å². The summed E-state index contributed by atoms with van der Waals surface area (Å²) in [5.41, 5.74) is 1.13. The van der Waals surface area contributed by atoms with Crippen molar-refractivity contribution in [2.45, 2.75) is 31.5 Å². The van der Waals surface area contributed by atoms with E-state index < -0.39 is 0 Å². The lowest BCUT2D eigenvalue weighted by Crippen LogP contribution is -2.31. The molecule has 0 radical (unpaired) electrons. The van der Waals surface area contributed by atoms with Crippen LogP contribution in [0, 0.1) is 5.92 Å². The lowest BCUT2D eigenvalue weighted by Gasteiger charge is -2.21. The molecular weight excluding hydrogens is 298 g/mol. The van der Waals surface area contributed by atoms with Gasteiger partial charge in [-0.15, -0.1) is 5.10 Å². The fourth-order valence-corrected chi connectivity index (χ4v) is 2.81. The maximum absolute atomic E-state index is 12.2. The van der Waals surface area contributed by atoms with E-state index in [9.17, 15) is 4.79 Å². The normalized spacial score (nSPS) is 12.4. The predicted molar refractivity (Wildman–Crippen MR) is 86.3 cm³/mol. The number of amides is 1. The van der Waals surface area contributed by atoms with E-state index in [-0.39, 0.29) is 11.9 Å². The van der Waals surface area contributed by atoms with Gasteiger partial charge in [-0.1, -0.05) is 55.9 Å². The largest absolute Gasteiger partial charge is 0.349 e. The van der Waals surface area contributed by atoms with Crippen LogP contribution in [0.1, 0.15) is 31.9 Å². The van der Waals surface area contributed by atoms with E-state index in [1.807, 2.05) is 30.3 Å². The molecule has 1 amide bonds. The fourth-order valence-electron chi connectivity index (χ4n) is 2.14. The molecule has 0 saturated heterocycles. The zero-order chi connectivity index (χ0) is 15.9. The predicted octanol–water partition coefficient (Wildman–Crippen LogP) is 2.21. The van der Waals surface area contributed by atoms with Crippen LogP contribution in [0.15, 0.2) is 35.5 Å². The van der Waals surface area contributed by atoms with Crippen LogP contribution in [0.2, 0.25) is 0 Å². The summed E-state index contributed by atoms with van der Waals surface area (Å²) in [6, 6.07) is 10.1. The molecule has 0 spiro atoms. The van der Waals surface area contributed by atoms with Gasteiger partial charge in [-0.3, -0.25) is 4.79 Å². The summed E-state index contributed by atoms with van der Waals surface area (Å²) in [7, 11) is 1.76. The number of aryl methyl sites for hydroxylation is 1. The molecule has 0 fully saturated rings. The Morgan fingerprint density at radius 1 is 1.32 bits per heavy atom. The second-order valence-corrected chi connectivity index (χ2v) is 6.48. The number of nitrogens with zero attached hydrogens (tertiary/aromatic N) is 4. The van der Waals surface area contributed by atoms with Gasteiger partial charge in [0.2, 0.25) is 11.1 Å². The average molecular weight is 319 g/mol. The van der Waals surface area contributed by atoms with E-state index in [2.05, 4.69) is 34.7 Å². The Morgan fingerprint density at radius 3 is 2.64 bits per heavy atom.